The minimum absolute atomic E-state index is 0. The molecule has 244 valence electrons. The second-order valence-electron chi connectivity index (χ2n) is 15.4. The third-order valence-electron chi connectivity index (χ3n) is 10.6. The largest absolute Gasteiger partial charge is 4.00 e. The van der Waals surface area contributed by atoms with Crippen LogP contribution in [0.25, 0.3) is 9.96 Å². The molecule has 2 aliphatic carbocycles. The molecule has 2 nitrogen and oxygen atoms in total. The summed E-state index contributed by atoms with van der Waals surface area (Å²) in [6.07, 6.45) is 0. The van der Waals surface area contributed by atoms with Gasteiger partial charge < -0.3 is 54.5 Å². The predicted molar refractivity (Wildman–Crippen MR) is 194 cm³/mol. The molecule has 0 aromatic heterocycles. The van der Waals surface area contributed by atoms with Crippen molar-refractivity contribution in [2.45, 2.75) is 138 Å². The molecule has 0 saturated heterocycles. The Balaban J connectivity index is -0.000000289. The van der Waals surface area contributed by atoms with Crippen LogP contribution >= 0.6 is 0 Å². The first kappa shape index (κ1) is 58.3. The minimum atomic E-state index is -1.97. The van der Waals surface area contributed by atoms with Crippen molar-refractivity contribution in [2.75, 3.05) is 0 Å². The number of rotatable bonds is 6. The molecule has 2 rings (SSSR count). The molecule has 0 heterocycles. The van der Waals surface area contributed by atoms with E-state index < -0.39 is 16.5 Å². The molecule has 2 fully saturated rings. The van der Waals surface area contributed by atoms with Crippen LogP contribution in [0.3, 0.4) is 0 Å². The Kier molecular flexibility index (Phi) is 28.6. The molecular formula is C35H78N2Si2Ti2. The van der Waals surface area contributed by atoms with E-state index >= 15 is 0 Å². The number of hydrogen-bond donors (Lipinski definition) is 0. The van der Waals surface area contributed by atoms with Crippen LogP contribution < -0.4 is 0 Å². The van der Waals surface area contributed by atoms with Crippen molar-refractivity contribution in [2.24, 2.45) is 47.3 Å². The van der Waals surface area contributed by atoms with Gasteiger partial charge in [0.1, 0.15) is 0 Å². The summed E-state index contributed by atoms with van der Waals surface area (Å²) in [6.45, 7) is 39.7. The molecule has 0 amide bonds. The van der Waals surface area contributed by atoms with Crippen molar-refractivity contribution >= 4 is 16.5 Å². The summed E-state index contributed by atoms with van der Waals surface area (Å²) < 4.78 is 0. The van der Waals surface area contributed by atoms with Crippen molar-refractivity contribution in [3.63, 3.8) is 0 Å². The monoisotopic (exact) mass is 678 g/mol. The quantitative estimate of drug-likeness (QED) is 0.198. The van der Waals surface area contributed by atoms with Crippen molar-refractivity contribution in [3.8, 4) is 0 Å². The second kappa shape index (κ2) is 20.1. The first-order valence-corrected chi connectivity index (χ1v) is 19.6. The van der Waals surface area contributed by atoms with Crippen molar-refractivity contribution in [3.05, 3.63) is 54.5 Å². The van der Waals surface area contributed by atoms with Gasteiger partial charge in [0.15, 0.2) is 0 Å². The fourth-order valence-corrected chi connectivity index (χ4v) is 26.6. The third kappa shape index (κ3) is 12.8. The SMILES string of the molecule is CC1C(C)[C@@H](C)C(C)C1[Si](C)(C[Si](C)([N-]C(C)(C)C)C1C(C)C(C)[C@H](C)C1C)[N-]C(C)(C)C.[CH3-].[CH3-].[CH3-].[CH3-].[CH3-].[CH3-].[Ti+4].[Ti+4]. The zero-order valence-electron chi connectivity index (χ0n) is 32.4. The summed E-state index contributed by atoms with van der Waals surface area (Å²) in [5.74, 6) is 6.24. The van der Waals surface area contributed by atoms with Gasteiger partial charge in [-0.05, 0) is 47.3 Å². The van der Waals surface area contributed by atoms with E-state index in [0.717, 1.165) is 58.4 Å². The Morgan fingerprint density at radius 2 is 0.585 bits per heavy atom. The van der Waals surface area contributed by atoms with Crippen LogP contribution in [0.15, 0.2) is 0 Å². The predicted octanol–water partition coefficient (Wildman–Crippen LogP) is 12.6. The van der Waals surface area contributed by atoms with Crippen LogP contribution in [0.4, 0.5) is 0 Å². The Labute approximate surface area is 297 Å². The average molecular weight is 679 g/mol. The Morgan fingerprint density at radius 1 is 0.415 bits per heavy atom. The topological polar surface area (TPSA) is 28.2 Å². The molecule has 0 aromatic rings. The molecule has 0 radical (unpaired) electrons. The smallest absolute Gasteiger partial charge is 0.660 e. The Hall–Kier alpha value is 1.78. The van der Waals surface area contributed by atoms with E-state index in [-0.39, 0.29) is 99.1 Å². The molecule has 12 atom stereocenters. The van der Waals surface area contributed by atoms with E-state index in [9.17, 15) is 0 Å². The van der Waals surface area contributed by atoms with E-state index in [1.165, 1.54) is 5.67 Å². The molecule has 10 unspecified atom stereocenters. The van der Waals surface area contributed by atoms with E-state index in [2.05, 4.69) is 110 Å². The van der Waals surface area contributed by atoms with Crippen molar-refractivity contribution in [1.82, 2.24) is 0 Å². The van der Waals surface area contributed by atoms with Crippen LogP contribution in [-0.2, 0) is 43.4 Å². The number of nitrogens with zero attached hydrogens (tertiary/aromatic N) is 2. The van der Waals surface area contributed by atoms with Crippen LogP contribution in [0.2, 0.25) is 29.8 Å². The van der Waals surface area contributed by atoms with Gasteiger partial charge in [-0.2, -0.15) is 0 Å². The van der Waals surface area contributed by atoms with Crippen LogP contribution in [0.1, 0.15) is 96.9 Å². The maximum Gasteiger partial charge on any atom is 4.00 e. The molecule has 0 bridgehead atoms. The molecule has 2 saturated carbocycles. The summed E-state index contributed by atoms with van der Waals surface area (Å²) in [7, 11) is -3.95. The molecule has 0 N–H and O–H groups in total. The molecule has 0 spiro atoms. The average Bonchev–Trinajstić information content (AvgIpc) is 2.91. The molecule has 0 aromatic carbocycles. The van der Waals surface area contributed by atoms with E-state index in [1.807, 2.05) is 0 Å². The Bertz CT molecular complexity index is 596. The molecular weight excluding hydrogens is 600 g/mol. The Morgan fingerprint density at radius 3 is 0.732 bits per heavy atom. The third-order valence-corrected chi connectivity index (χ3v) is 23.6. The first-order chi connectivity index (χ1) is 14.7. The van der Waals surface area contributed by atoms with Gasteiger partial charge in [0, 0.05) is 0 Å². The molecule has 6 heteroatoms. The van der Waals surface area contributed by atoms with Crippen LogP contribution in [0, 0.1) is 91.9 Å². The van der Waals surface area contributed by atoms with E-state index in [1.54, 1.807) is 0 Å². The summed E-state index contributed by atoms with van der Waals surface area (Å²) in [5, 5.41) is 0. The summed E-state index contributed by atoms with van der Waals surface area (Å²) >= 11 is 0. The van der Waals surface area contributed by atoms with Gasteiger partial charge >= 0.3 is 43.4 Å². The maximum absolute atomic E-state index is 5.88. The van der Waals surface area contributed by atoms with Crippen molar-refractivity contribution < 1.29 is 43.4 Å². The zero-order valence-corrected chi connectivity index (χ0v) is 37.5. The van der Waals surface area contributed by atoms with Gasteiger partial charge in [0.25, 0.3) is 0 Å². The van der Waals surface area contributed by atoms with E-state index in [0.29, 0.717) is 0 Å². The van der Waals surface area contributed by atoms with Gasteiger partial charge in [-0.3, -0.25) is 0 Å². The summed E-state index contributed by atoms with van der Waals surface area (Å²) in [5.41, 5.74) is 2.93. The normalized spacial score (nSPS) is 35.4. The second-order valence-corrected chi connectivity index (χ2v) is 24.0. The van der Waals surface area contributed by atoms with Gasteiger partial charge in [-0.1, -0.05) is 143 Å². The van der Waals surface area contributed by atoms with Gasteiger partial charge in [0.05, 0.1) is 0 Å². The van der Waals surface area contributed by atoms with Crippen LogP contribution in [-0.4, -0.2) is 27.5 Å². The fourth-order valence-electron chi connectivity index (χ4n) is 9.17. The molecule has 41 heavy (non-hydrogen) atoms. The van der Waals surface area contributed by atoms with Crippen LogP contribution in [0.5, 0.6) is 0 Å². The van der Waals surface area contributed by atoms with Gasteiger partial charge in [0.2, 0.25) is 0 Å². The maximum atomic E-state index is 5.88. The standard InChI is InChI=1S/C29H60N2Si2.6CH3.2Ti/c1-18-19(2)23(6)26(22(18)5)32(15,30-28(9,10)11)17-33(16,31-29(12,13)14)27-24(7)20(3)21(4)25(27)8;;;;;;;;/h18-27H,17H2,1-16H3;6*1H3;;/q-2;6*-1;2*+4/t18-,19?,20+,21?,22?,23?,24?,25?,26?,27?,32?,33?;;;;;;;;. The molecule has 2 aliphatic rings. The number of hydrogen-bond acceptors (Lipinski definition) is 0. The van der Waals surface area contributed by atoms with E-state index in [4.69, 9.17) is 9.96 Å². The van der Waals surface area contributed by atoms with Gasteiger partial charge in [-0.25, -0.2) is 0 Å². The summed E-state index contributed by atoms with van der Waals surface area (Å²) in [6, 6.07) is 0. The zero-order chi connectivity index (χ0) is 25.9. The van der Waals surface area contributed by atoms with Crippen molar-refractivity contribution in [1.29, 1.82) is 0 Å². The fraction of sp³-hybridized carbons (Fsp3) is 0.829. The summed E-state index contributed by atoms with van der Waals surface area (Å²) in [4.78, 5) is 11.8. The minimum Gasteiger partial charge on any atom is -0.660 e. The first-order valence-electron chi connectivity index (χ1n) is 14.1. The van der Waals surface area contributed by atoms with Gasteiger partial charge in [-0.15, -0.1) is 11.1 Å². The molecule has 0 aliphatic heterocycles.